The molecule has 0 aliphatic carbocycles. The molecule has 0 fully saturated rings. The zero-order valence-electron chi connectivity index (χ0n) is 14.5. The van der Waals surface area contributed by atoms with E-state index in [1.54, 1.807) is 6.07 Å². The number of anilines is 1. The van der Waals surface area contributed by atoms with Crippen molar-refractivity contribution in [1.82, 2.24) is 10.2 Å². The minimum absolute atomic E-state index is 0.0660. The summed E-state index contributed by atoms with van der Waals surface area (Å²) in [7, 11) is 0. The van der Waals surface area contributed by atoms with Crippen LogP contribution >= 0.6 is 11.3 Å². The van der Waals surface area contributed by atoms with E-state index in [0.29, 0.717) is 5.69 Å². The van der Waals surface area contributed by atoms with E-state index in [1.807, 2.05) is 54.6 Å². The second-order valence-corrected chi connectivity index (χ2v) is 6.99. The first kappa shape index (κ1) is 17.6. The third-order valence-corrected chi connectivity index (χ3v) is 5.16. The minimum atomic E-state index is -0.508. The number of fused-ring (bicyclic) bond motifs is 1. The van der Waals surface area contributed by atoms with Gasteiger partial charge in [0.1, 0.15) is 0 Å². The van der Waals surface area contributed by atoms with Gasteiger partial charge in [0.15, 0.2) is 0 Å². The molecule has 4 rings (SSSR count). The number of hydrogen-bond acceptors (Lipinski definition) is 5. The Hall–Kier alpha value is -3.78. The molecule has 7 nitrogen and oxygen atoms in total. The third kappa shape index (κ3) is 3.53. The maximum Gasteiger partial charge on any atom is 0.324 e. The van der Waals surface area contributed by atoms with Gasteiger partial charge in [-0.1, -0.05) is 53.8 Å². The second kappa shape index (κ2) is 7.45. The number of nitrogens with zero attached hydrogens (tertiary/aromatic N) is 2. The molecule has 28 heavy (non-hydrogen) atoms. The predicted molar refractivity (Wildman–Crippen MR) is 110 cm³/mol. The van der Waals surface area contributed by atoms with Crippen molar-refractivity contribution in [3.05, 3.63) is 86.9 Å². The number of carbonyl (C=O) groups is 1. The number of hydrogen-bond donors (Lipinski definition) is 2. The molecule has 2 aromatic carbocycles. The van der Waals surface area contributed by atoms with Gasteiger partial charge in [-0.25, -0.2) is 0 Å². The lowest BCUT2D eigenvalue weighted by atomic mass is 10.1. The molecule has 4 aromatic rings. The van der Waals surface area contributed by atoms with Crippen LogP contribution < -0.4 is 5.32 Å². The summed E-state index contributed by atoms with van der Waals surface area (Å²) in [4.78, 5) is 23.0. The molecule has 138 valence electrons. The summed E-state index contributed by atoms with van der Waals surface area (Å²) in [5.74, 6) is -0.385. The molecule has 2 heterocycles. The standard InChI is InChI=1S/C20H14N4O3S/c25-20(18-11-12-19(28-18)24(26)27)21-15-7-3-1-5-13(15)9-10-17-14-6-2-4-8-16(14)22-23-17/h1-12H,(H,21,25)(H,22,23). The number of amides is 1. The maximum atomic E-state index is 12.4. The van der Waals surface area contributed by atoms with Gasteiger partial charge in [0.25, 0.3) is 5.91 Å². The largest absolute Gasteiger partial charge is 0.324 e. The Labute approximate surface area is 163 Å². The minimum Gasteiger partial charge on any atom is -0.321 e. The molecule has 8 heteroatoms. The summed E-state index contributed by atoms with van der Waals surface area (Å²) >= 11 is 0.844. The third-order valence-electron chi connectivity index (χ3n) is 4.13. The highest BCUT2D eigenvalue weighted by molar-refractivity contribution is 7.17. The Kier molecular flexibility index (Phi) is 4.69. The number of aromatic amines is 1. The van der Waals surface area contributed by atoms with Crippen LogP contribution in [0.4, 0.5) is 10.7 Å². The van der Waals surface area contributed by atoms with Crippen molar-refractivity contribution >= 4 is 51.0 Å². The van der Waals surface area contributed by atoms with E-state index in [-0.39, 0.29) is 15.8 Å². The molecule has 0 spiro atoms. The van der Waals surface area contributed by atoms with Crippen molar-refractivity contribution < 1.29 is 9.72 Å². The molecule has 2 aromatic heterocycles. The highest BCUT2D eigenvalue weighted by Gasteiger charge is 2.16. The summed E-state index contributed by atoms with van der Waals surface area (Å²) in [6, 6.07) is 17.9. The first-order valence-electron chi connectivity index (χ1n) is 8.37. The molecule has 0 radical (unpaired) electrons. The molecule has 0 atom stereocenters. The first-order valence-corrected chi connectivity index (χ1v) is 9.19. The van der Waals surface area contributed by atoms with E-state index in [2.05, 4.69) is 15.5 Å². The number of aromatic nitrogens is 2. The maximum absolute atomic E-state index is 12.4. The number of carbonyl (C=O) groups excluding carboxylic acids is 1. The smallest absolute Gasteiger partial charge is 0.321 e. The van der Waals surface area contributed by atoms with Crippen LogP contribution in [0.5, 0.6) is 0 Å². The lowest BCUT2D eigenvalue weighted by molar-refractivity contribution is -0.380. The lowest BCUT2D eigenvalue weighted by Crippen LogP contribution is -2.10. The second-order valence-electron chi connectivity index (χ2n) is 5.92. The summed E-state index contributed by atoms with van der Waals surface area (Å²) in [5, 5.41) is 21.8. The fourth-order valence-corrected chi connectivity index (χ4v) is 3.48. The van der Waals surface area contributed by atoms with Crippen molar-refractivity contribution in [2.75, 3.05) is 5.32 Å². The van der Waals surface area contributed by atoms with Gasteiger partial charge in [0.05, 0.1) is 21.0 Å². The molecular formula is C20H14N4O3S. The zero-order chi connectivity index (χ0) is 19.5. The normalized spacial score (nSPS) is 11.1. The lowest BCUT2D eigenvalue weighted by Gasteiger charge is -2.07. The van der Waals surface area contributed by atoms with E-state index < -0.39 is 4.92 Å². The number of H-pyrrole nitrogens is 1. The van der Waals surface area contributed by atoms with Crippen LogP contribution in [0.25, 0.3) is 23.1 Å². The average Bonchev–Trinajstić information content (AvgIpc) is 3.35. The number of nitro groups is 1. The number of benzene rings is 2. The Bertz CT molecular complexity index is 1210. The fraction of sp³-hybridized carbons (Fsp3) is 0. The number of thiophene rings is 1. The molecule has 0 aliphatic rings. The van der Waals surface area contributed by atoms with Crippen LogP contribution in [0.3, 0.4) is 0 Å². The van der Waals surface area contributed by atoms with Crippen LogP contribution in [0, 0.1) is 10.1 Å². The molecule has 0 saturated carbocycles. The van der Waals surface area contributed by atoms with Crippen molar-refractivity contribution in [2.24, 2.45) is 0 Å². The van der Waals surface area contributed by atoms with Crippen LogP contribution in [-0.2, 0) is 0 Å². The average molecular weight is 390 g/mol. The highest BCUT2D eigenvalue weighted by Crippen LogP contribution is 2.26. The summed E-state index contributed by atoms with van der Waals surface area (Å²) in [5.41, 5.74) is 3.15. The van der Waals surface area contributed by atoms with Gasteiger partial charge in [0.2, 0.25) is 0 Å². The Morgan fingerprint density at radius 2 is 1.86 bits per heavy atom. The number of para-hydroxylation sites is 2. The van der Waals surface area contributed by atoms with Crippen LogP contribution in [0.15, 0.2) is 60.7 Å². The molecule has 0 bridgehead atoms. The molecule has 0 aliphatic heterocycles. The summed E-state index contributed by atoms with van der Waals surface area (Å²) < 4.78 is 0. The Balaban J connectivity index is 1.58. The van der Waals surface area contributed by atoms with Gasteiger partial charge in [-0.3, -0.25) is 20.0 Å². The van der Waals surface area contributed by atoms with Gasteiger partial charge in [-0.05, 0) is 29.8 Å². The Morgan fingerprint density at radius 1 is 1.07 bits per heavy atom. The van der Waals surface area contributed by atoms with Crippen molar-refractivity contribution in [3.63, 3.8) is 0 Å². The van der Waals surface area contributed by atoms with Crippen molar-refractivity contribution in [1.29, 1.82) is 0 Å². The molecule has 2 N–H and O–H groups in total. The van der Waals surface area contributed by atoms with Gasteiger partial charge >= 0.3 is 5.00 Å². The van der Waals surface area contributed by atoms with E-state index >= 15 is 0 Å². The highest BCUT2D eigenvalue weighted by atomic mass is 32.1. The molecule has 1 amide bonds. The van der Waals surface area contributed by atoms with Gasteiger partial charge in [-0.15, -0.1) is 0 Å². The van der Waals surface area contributed by atoms with Crippen LogP contribution in [0.1, 0.15) is 20.9 Å². The van der Waals surface area contributed by atoms with Crippen molar-refractivity contribution in [2.45, 2.75) is 0 Å². The SMILES string of the molecule is O=C(Nc1ccccc1C=Cc1n[nH]c2ccccc12)c1ccc([N+](=O)[O-])s1. The van der Waals surface area contributed by atoms with Crippen LogP contribution in [0.2, 0.25) is 0 Å². The van der Waals surface area contributed by atoms with Gasteiger partial charge in [-0.2, -0.15) is 5.10 Å². The zero-order valence-corrected chi connectivity index (χ0v) is 15.3. The summed E-state index contributed by atoms with van der Waals surface area (Å²) in [6.07, 6.45) is 3.74. The van der Waals surface area contributed by atoms with Gasteiger partial charge < -0.3 is 5.32 Å². The molecule has 0 unspecified atom stereocenters. The van der Waals surface area contributed by atoms with E-state index in [0.717, 1.165) is 33.5 Å². The van der Waals surface area contributed by atoms with Crippen molar-refractivity contribution in [3.8, 4) is 0 Å². The summed E-state index contributed by atoms with van der Waals surface area (Å²) in [6.45, 7) is 0. The quantitative estimate of drug-likeness (QED) is 0.372. The van der Waals surface area contributed by atoms with E-state index in [9.17, 15) is 14.9 Å². The van der Waals surface area contributed by atoms with E-state index in [1.165, 1.54) is 12.1 Å². The first-order chi connectivity index (χ1) is 13.6. The fourth-order valence-electron chi connectivity index (χ4n) is 2.77. The molecular weight excluding hydrogens is 376 g/mol. The monoisotopic (exact) mass is 390 g/mol. The Morgan fingerprint density at radius 3 is 2.68 bits per heavy atom. The van der Waals surface area contributed by atoms with Crippen LogP contribution in [-0.4, -0.2) is 21.0 Å². The van der Waals surface area contributed by atoms with E-state index in [4.69, 9.17) is 0 Å². The topological polar surface area (TPSA) is 101 Å². The number of rotatable bonds is 5. The van der Waals surface area contributed by atoms with Gasteiger partial charge in [0, 0.05) is 17.1 Å². The predicted octanol–water partition coefficient (Wildman–Crippen LogP) is 4.96. The number of nitrogens with one attached hydrogen (secondary N) is 2. The molecule has 0 saturated heterocycles.